The molecule has 0 atom stereocenters. The van der Waals surface area contributed by atoms with Crippen molar-refractivity contribution in [1.82, 2.24) is 9.88 Å². The molecule has 0 aliphatic carbocycles. The van der Waals surface area contributed by atoms with Gasteiger partial charge in [-0.05, 0) is 0 Å². The van der Waals surface area contributed by atoms with Crippen LogP contribution in [0.25, 0.3) is 0 Å². The first-order valence-electron chi connectivity index (χ1n) is 6.90. The van der Waals surface area contributed by atoms with Crippen LogP contribution in [0.2, 0.25) is 0 Å². The standard InChI is InChI=1S/C14H24N2O2S/c1-14(2,3)13-15-11-4-5-16(10-12(11)19-13)6-8-18-9-7-17/h17H,4-10H2,1-3H3. The van der Waals surface area contributed by atoms with Gasteiger partial charge in [0.2, 0.25) is 0 Å². The maximum atomic E-state index is 8.67. The predicted octanol–water partition coefficient (Wildman–Crippen LogP) is 1.81. The zero-order chi connectivity index (χ0) is 13.9. The van der Waals surface area contributed by atoms with Gasteiger partial charge in [-0.25, -0.2) is 4.98 Å². The van der Waals surface area contributed by atoms with Crippen LogP contribution in [0.15, 0.2) is 0 Å². The summed E-state index contributed by atoms with van der Waals surface area (Å²) in [5.41, 5.74) is 1.44. The van der Waals surface area contributed by atoms with Crippen molar-refractivity contribution in [1.29, 1.82) is 0 Å². The van der Waals surface area contributed by atoms with Gasteiger partial charge >= 0.3 is 0 Å². The Morgan fingerprint density at radius 2 is 2.16 bits per heavy atom. The molecule has 2 heterocycles. The molecule has 1 aliphatic rings. The second kappa shape index (κ2) is 6.31. The lowest BCUT2D eigenvalue weighted by Gasteiger charge is -2.25. The summed E-state index contributed by atoms with van der Waals surface area (Å²) in [6, 6.07) is 0. The van der Waals surface area contributed by atoms with Crippen LogP contribution in [0.4, 0.5) is 0 Å². The van der Waals surface area contributed by atoms with E-state index < -0.39 is 0 Å². The molecule has 4 nitrogen and oxygen atoms in total. The van der Waals surface area contributed by atoms with E-state index in [1.54, 1.807) is 0 Å². The summed E-state index contributed by atoms with van der Waals surface area (Å²) >= 11 is 1.86. The van der Waals surface area contributed by atoms with Gasteiger partial charge in [0, 0.05) is 36.3 Å². The molecule has 2 rings (SSSR count). The van der Waals surface area contributed by atoms with Gasteiger partial charge in [0.1, 0.15) is 0 Å². The number of aliphatic hydroxyl groups excluding tert-OH is 1. The van der Waals surface area contributed by atoms with E-state index >= 15 is 0 Å². The van der Waals surface area contributed by atoms with Crippen molar-refractivity contribution in [2.45, 2.75) is 39.2 Å². The molecule has 0 aromatic carbocycles. The Morgan fingerprint density at radius 3 is 2.84 bits per heavy atom. The summed E-state index contributed by atoms with van der Waals surface area (Å²) in [7, 11) is 0. The minimum Gasteiger partial charge on any atom is -0.394 e. The lowest BCUT2D eigenvalue weighted by Crippen LogP contribution is -2.32. The van der Waals surface area contributed by atoms with Crippen molar-refractivity contribution >= 4 is 11.3 Å². The number of aromatic nitrogens is 1. The molecular weight excluding hydrogens is 260 g/mol. The first kappa shape index (κ1) is 14.9. The number of rotatable bonds is 5. The van der Waals surface area contributed by atoms with Gasteiger partial charge in [-0.3, -0.25) is 4.90 Å². The third-order valence-corrected chi connectivity index (χ3v) is 4.75. The van der Waals surface area contributed by atoms with E-state index in [0.29, 0.717) is 13.2 Å². The normalized spacial score (nSPS) is 16.6. The SMILES string of the molecule is CC(C)(C)c1nc2c(s1)CN(CCOCCO)CC2. The Balaban J connectivity index is 1.90. The highest BCUT2D eigenvalue weighted by Crippen LogP contribution is 2.32. The number of nitrogens with zero attached hydrogens (tertiary/aromatic N) is 2. The Morgan fingerprint density at radius 1 is 1.37 bits per heavy atom. The molecule has 1 aromatic heterocycles. The third-order valence-electron chi connectivity index (χ3n) is 3.24. The first-order valence-corrected chi connectivity index (χ1v) is 7.72. The van der Waals surface area contributed by atoms with Gasteiger partial charge < -0.3 is 9.84 Å². The number of ether oxygens (including phenoxy) is 1. The number of thiazole rings is 1. The summed E-state index contributed by atoms with van der Waals surface area (Å²) in [6.07, 6.45) is 1.04. The van der Waals surface area contributed by atoms with Crippen molar-refractivity contribution in [3.8, 4) is 0 Å². The van der Waals surface area contributed by atoms with Crippen molar-refractivity contribution in [2.75, 3.05) is 32.9 Å². The second-order valence-corrected chi connectivity index (χ2v) is 7.08. The summed E-state index contributed by atoms with van der Waals surface area (Å²) in [6.45, 7) is 10.9. The predicted molar refractivity (Wildman–Crippen MR) is 77.7 cm³/mol. The average molecular weight is 284 g/mol. The van der Waals surface area contributed by atoms with Crippen molar-refractivity contribution in [3.63, 3.8) is 0 Å². The molecule has 1 N–H and O–H groups in total. The molecule has 0 fully saturated rings. The lowest BCUT2D eigenvalue weighted by atomic mass is 9.98. The zero-order valence-electron chi connectivity index (χ0n) is 12.1. The number of hydrogen-bond donors (Lipinski definition) is 1. The zero-order valence-corrected chi connectivity index (χ0v) is 12.9. The monoisotopic (exact) mass is 284 g/mol. The van der Waals surface area contributed by atoms with E-state index in [2.05, 4.69) is 25.7 Å². The molecule has 19 heavy (non-hydrogen) atoms. The number of aliphatic hydroxyl groups is 1. The van der Waals surface area contributed by atoms with E-state index in [-0.39, 0.29) is 12.0 Å². The van der Waals surface area contributed by atoms with E-state index in [1.165, 1.54) is 15.6 Å². The highest BCUT2D eigenvalue weighted by atomic mass is 32.1. The third kappa shape index (κ3) is 3.99. The smallest absolute Gasteiger partial charge is 0.0985 e. The molecule has 0 unspecified atom stereocenters. The first-order chi connectivity index (χ1) is 9.00. The number of hydrogen-bond acceptors (Lipinski definition) is 5. The van der Waals surface area contributed by atoms with Crippen LogP contribution in [0.1, 0.15) is 36.3 Å². The van der Waals surface area contributed by atoms with E-state index in [0.717, 1.165) is 26.1 Å². The van der Waals surface area contributed by atoms with Crippen molar-refractivity contribution < 1.29 is 9.84 Å². The highest BCUT2D eigenvalue weighted by molar-refractivity contribution is 7.11. The van der Waals surface area contributed by atoms with E-state index in [4.69, 9.17) is 14.8 Å². The van der Waals surface area contributed by atoms with Crippen LogP contribution in [0.3, 0.4) is 0 Å². The van der Waals surface area contributed by atoms with Gasteiger partial charge in [0.15, 0.2) is 0 Å². The summed E-state index contributed by atoms with van der Waals surface area (Å²) in [5.74, 6) is 0. The van der Waals surface area contributed by atoms with Crippen LogP contribution in [0.5, 0.6) is 0 Å². The topological polar surface area (TPSA) is 45.6 Å². The van der Waals surface area contributed by atoms with Gasteiger partial charge in [-0.1, -0.05) is 20.8 Å². The highest BCUT2D eigenvalue weighted by Gasteiger charge is 2.25. The lowest BCUT2D eigenvalue weighted by molar-refractivity contribution is 0.0711. The molecule has 0 amide bonds. The van der Waals surface area contributed by atoms with E-state index in [1.807, 2.05) is 11.3 Å². The fraction of sp³-hybridized carbons (Fsp3) is 0.786. The Bertz CT molecular complexity index is 412. The molecule has 0 radical (unpaired) electrons. The molecule has 0 saturated heterocycles. The van der Waals surface area contributed by atoms with Crippen LogP contribution in [0, 0.1) is 0 Å². The Hall–Kier alpha value is -0.490. The van der Waals surface area contributed by atoms with Gasteiger partial charge in [-0.2, -0.15) is 0 Å². The average Bonchev–Trinajstić information content (AvgIpc) is 2.77. The molecular formula is C14H24N2O2S. The maximum Gasteiger partial charge on any atom is 0.0985 e. The van der Waals surface area contributed by atoms with Crippen LogP contribution in [-0.2, 0) is 23.1 Å². The maximum absolute atomic E-state index is 8.67. The second-order valence-electron chi connectivity index (χ2n) is 6.00. The Labute approximate surface area is 119 Å². The van der Waals surface area contributed by atoms with Crippen molar-refractivity contribution in [2.24, 2.45) is 0 Å². The van der Waals surface area contributed by atoms with Crippen LogP contribution >= 0.6 is 11.3 Å². The summed E-state index contributed by atoms with van der Waals surface area (Å²) < 4.78 is 5.33. The molecule has 1 aromatic rings. The quantitative estimate of drug-likeness (QED) is 0.838. The Kier molecular flexibility index (Phi) is 4.95. The van der Waals surface area contributed by atoms with Gasteiger partial charge in [0.25, 0.3) is 0 Å². The molecule has 0 saturated carbocycles. The molecule has 1 aliphatic heterocycles. The van der Waals surface area contributed by atoms with E-state index in [9.17, 15) is 0 Å². The molecule has 5 heteroatoms. The van der Waals surface area contributed by atoms with Crippen LogP contribution < -0.4 is 0 Å². The molecule has 0 spiro atoms. The fourth-order valence-corrected chi connectivity index (χ4v) is 3.33. The largest absolute Gasteiger partial charge is 0.394 e. The van der Waals surface area contributed by atoms with Gasteiger partial charge in [-0.15, -0.1) is 11.3 Å². The number of fused-ring (bicyclic) bond motifs is 1. The van der Waals surface area contributed by atoms with Crippen molar-refractivity contribution in [3.05, 3.63) is 15.6 Å². The summed E-state index contributed by atoms with van der Waals surface area (Å²) in [5, 5.41) is 9.91. The minimum absolute atomic E-state index is 0.105. The molecule has 108 valence electrons. The summed E-state index contributed by atoms with van der Waals surface area (Å²) in [4.78, 5) is 8.62. The molecule has 0 bridgehead atoms. The fourth-order valence-electron chi connectivity index (χ4n) is 2.12. The van der Waals surface area contributed by atoms with Gasteiger partial charge in [0.05, 0.1) is 30.5 Å². The minimum atomic E-state index is 0.105. The van der Waals surface area contributed by atoms with Crippen LogP contribution in [-0.4, -0.2) is 47.9 Å².